The number of halogens is 6. The molecule has 2 aromatic carbocycles. The predicted molar refractivity (Wildman–Crippen MR) is 74.3 cm³/mol. The van der Waals surface area contributed by atoms with Gasteiger partial charge in [0.1, 0.15) is 11.0 Å². The summed E-state index contributed by atoms with van der Waals surface area (Å²) in [5, 5.41) is -0.270. The quantitative estimate of drug-likeness (QED) is 0.262. The summed E-state index contributed by atoms with van der Waals surface area (Å²) in [6.07, 6.45) is 0. The summed E-state index contributed by atoms with van der Waals surface area (Å²) in [5.74, 6) is -8.06. The van der Waals surface area contributed by atoms with Gasteiger partial charge in [-0.1, -0.05) is 0 Å². The van der Waals surface area contributed by atoms with Crippen molar-refractivity contribution in [3.63, 3.8) is 0 Å². The predicted octanol–water partition coefficient (Wildman–Crippen LogP) is 4.77. The van der Waals surface area contributed by atoms with Gasteiger partial charge in [0.15, 0.2) is 23.3 Å². The summed E-state index contributed by atoms with van der Waals surface area (Å²) in [4.78, 5) is 6.73. The van der Waals surface area contributed by atoms with E-state index in [0.29, 0.717) is 0 Å². The van der Waals surface area contributed by atoms with Crippen molar-refractivity contribution in [2.45, 2.75) is 0 Å². The molecule has 2 nitrogen and oxygen atoms in total. The monoisotopic (exact) mass is 338 g/mol. The standard InChI is InChI=1S/C16H4F6N2/c17-9-1-5-6(2-10(9)18)8-4-12(20)16(22)24-14(8)13-7(5)3-11(19)15(21)23-13/h1-4H. The van der Waals surface area contributed by atoms with Crippen LogP contribution in [0.5, 0.6) is 0 Å². The summed E-state index contributed by atoms with van der Waals surface area (Å²) in [6, 6.07) is 2.96. The summed E-state index contributed by atoms with van der Waals surface area (Å²) in [5.41, 5.74) is -0.581. The fourth-order valence-electron chi connectivity index (χ4n) is 2.70. The molecular weight excluding hydrogens is 334 g/mol. The molecule has 8 heteroatoms. The zero-order chi connectivity index (χ0) is 17.2. The van der Waals surface area contributed by atoms with Crippen molar-refractivity contribution in [2.75, 3.05) is 0 Å². The highest BCUT2D eigenvalue weighted by Gasteiger charge is 2.19. The van der Waals surface area contributed by atoms with E-state index in [-0.39, 0.29) is 32.6 Å². The van der Waals surface area contributed by atoms with E-state index < -0.39 is 35.2 Å². The Bertz CT molecular complexity index is 905. The largest absolute Gasteiger partial charge is 0.249 e. The second-order valence-electron chi connectivity index (χ2n) is 5.13. The number of aromatic nitrogens is 2. The molecule has 0 spiro atoms. The van der Waals surface area contributed by atoms with Gasteiger partial charge in [-0.3, -0.25) is 0 Å². The second-order valence-corrected chi connectivity index (χ2v) is 5.13. The second kappa shape index (κ2) is 4.80. The minimum Gasteiger partial charge on any atom is -0.215 e. The molecule has 0 aliphatic rings. The average Bonchev–Trinajstić information content (AvgIpc) is 2.53. The Labute approximate surface area is 129 Å². The van der Waals surface area contributed by atoms with Gasteiger partial charge in [-0.25, -0.2) is 27.5 Å². The van der Waals surface area contributed by atoms with Gasteiger partial charge >= 0.3 is 0 Å². The third kappa shape index (κ3) is 1.92. The van der Waals surface area contributed by atoms with Crippen molar-refractivity contribution in [3.05, 3.63) is 59.4 Å². The molecule has 120 valence electrons. The number of nitrogens with zero attached hydrogens (tertiary/aromatic N) is 2. The van der Waals surface area contributed by atoms with E-state index in [0.717, 1.165) is 24.3 Å². The molecular formula is C16H4F6N2. The Morgan fingerprint density at radius 2 is 0.792 bits per heavy atom. The van der Waals surface area contributed by atoms with E-state index in [9.17, 15) is 26.3 Å². The van der Waals surface area contributed by atoms with Crippen molar-refractivity contribution in [1.29, 1.82) is 0 Å². The molecule has 0 aliphatic heterocycles. The maximum absolute atomic E-state index is 13.6. The Morgan fingerprint density at radius 3 is 1.17 bits per heavy atom. The van der Waals surface area contributed by atoms with E-state index >= 15 is 0 Å². The van der Waals surface area contributed by atoms with E-state index in [4.69, 9.17) is 0 Å². The molecule has 24 heavy (non-hydrogen) atoms. The fourth-order valence-corrected chi connectivity index (χ4v) is 2.70. The molecule has 0 saturated heterocycles. The first kappa shape index (κ1) is 14.7. The molecule has 0 amide bonds. The molecule has 0 N–H and O–H groups in total. The molecule has 2 aromatic heterocycles. The van der Waals surface area contributed by atoms with E-state index in [1.807, 2.05) is 0 Å². The highest BCUT2D eigenvalue weighted by Crippen LogP contribution is 2.35. The maximum Gasteiger partial charge on any atom is 0.249 e. The van der Waals surface area contributed by atoms with Crippen LogP contribution in [-0.4, -0.2) is 9.97 Å². The van der Waals surface area contributed by atoms with Crippen LogP contribution in [0, 0.1) is 35.2 Å². The normalized spacial score (nSPS) is 11.8. The molecule has 0 fully saturated rings. The Balaban J connectivity index is 2.40. The minimum atomic E-state index is -1.47. The highest BCUT2D eigenvalue weighted by molar-refractivity contribution is 6.22. The molecule has 4 rings (SSSR count). The van der Waals surface area contributed by atoms with Gasteiger partial charge in [-0.05, 0) is 35.0 Å². The van der Waals surface area contributed by atoms with Crippen molar-refractivity contribution in [2.24, 2.45) is 0 Å². The number of fused-ring (bicyclic) bond motifs is 6. The summed E-state index contributed by atoms with van der Waals surface area (Å²) in [7, 11) is 0. The van der Waals surface area contributed by atoms with E-state index in [1.54, 1.807) is 0 Å². The van der Waals surface area contributed by atoms with Gasteiger partial charge in [-0.2, -0.15) is 8.78 Å². The highest BCUT2D eigenvalue weighted by atomic mass is 19.2. The summed E-state index contributed by atoms with van der Waals surface area (Å²) >= 11 is 0. The molecule has 0 bridgehead atoms. The Morgan fingerprint density at radius 1 is 0.458 bits per heavy atom. The van der Waals surface area contributed by atoms with Crippen LogP contribution in [0.1, 0.15) is 0 Å². The molecule has 2 heterocycles. The van der Waals surface area contributed by atoms with Gasteiger partial charge in [0.2, 0.25) is 11.9 Å². The zero-order valence-corrected chi connectivity index (χ0v) is 11.5. The van der Waals surface area contributed by atoms with Crippen LogP contribution in [-0.2, 0) is 0 Å². The maximum atomic E-state index is 13.6. The first-order valence-electron chi connectivity index (χ1n) is 6.59. The number of rotatable bonds is 0. The summed E-state index contributed by atoms with van der Waals surface area (Å²) in [6.45, 7) is 0. The third-order valence-corrected chi connectivity index (χ3v) is 3.73. The van der Waals surface area contributed by atoms with Crippen molar-refractivity contribution >= 4 is 32.6 Å². The lowest BCUT2D eigenvalue weighted by Crippen LogP contribution is -1.98. The number of hydrogen-bond acceptors (Lipinski definition) is 2. The molecule has 0 saturated carbocycles. The molecule has 0 aliphatic carbocycles. The van der Waals surface area contributed by atoms with Crippen LogP contribution in [0.4, 0.5) is 26.3 Å². The molecule has 0 atom stereocenters. The summed E-state index contributed by atoms with van der Waals surface area (Å²) < 4.78 is 81.2. The first-order chi connectivity index (χ1) is 11.4. The Hall–Kier alpha value is -2.90. The lowest BCUT2D eigenvalue weighted by Gasteiger charge is -2.10. The average molecular weight is 338 g/mol. The van der Waals surface area contributed by atoms with Gasteiger partial charge < -0.3 is 0 Å². The Kier molecular flexibility index (Phi) is 2.93. The lowest BCUT2D eigenvalue weighted by atomic mass is 9.99. The first-order valence-corrected chi connectivity index (χ1v) is 6.59. The van der Waals surface area contributed by atoms with Crippen molar-refractivity contribution in [1.82, 2.24) is 9.97 Å². The van der Waals surface area contributed by atoms with Crippen molar-refractivity contribution < 1.29 is 26.3 Å². The smallest absolute Gasteiger partial charge is 0.215 e. The van der Waals surface area contributed by atoms with Crippen molar-refractivity contribution in [3.8, 4) is 0 Å². The SMILES string of the molecule is Fc1cc2c(cc1F)c1cc(F)c(F)nc1c1nc(F)c(F)cc21. The molecule has 4 aromatic rings. The fraction of sp³-hybridized carbons (Fsp3) is 0. The zero-order valence-electron chi connectivity index (χ0n) is 11.5. The molecule has 0 radical (unpaired) electrons. The topological polar surface area (TPSA) is 25.8 Å². The third-order valence-electron chi connectivity index (χ3n) is 3.73. The van der Waals surface area contributed by atoms with E-state index in [1.165, 1.54) is 0 Å². The molecule has 0 unspecified atom stereocenters. The van der Waals surface area contributed by atoms with Crippen LogP contribution in [0.3, 0.4) is 0 Å². The van der Waals surface area contributed by atoms with Gasteiger partial charge in [0, 0.05) is 10.8 Å². The van der Waals surface area contributed by atoms with Gasteiger partial charge in [0.05, 0.1) is 0 Å². The van der Waals surface area contributed by atoms with Gasteiger partial charge in [0.25, 0.3) is 0 Å². The minimum absolute atomic E-state index is 0.0318. The van der Waals surface area contributed by atoms with Crippen LogP contribution in [0.25, 0.3) is 32.6 Å². The van der Waals surface area contributed by atoms with Crippen LogP contribution in [0.2, 0.25) is 0 Å². The lowest BCUT2D eigenvalue weighted by molar-refractivity contribution is 0.482. The van der Waals surface area contributed by atoms with Gasteiger partial charge in [-0.15, -0.1) is 0 Å². The van der Waals surface area contributed by atoms with Crippen LogP contribution < -0.4 is 0 Å². The van der Waals surface area contributed by atoms with E-state index in [2.05, 4.69) is 9.97 Å². The number of hydrogen-bond donors (Lipinski definition) is 0. The van der Waals surface area contributed by atoms with Crippen LogP contribution in [0.15, 0.2) is 24.3 Å². The number of pyridine rings is 2. The van der Waals surface area contributed by atoms with Crippen LogP contribution >= 0.6 is 0 Å². The number of benzene rings is 2.